The second-order valence-corrected chi connectivity index (χ2v) is 9.14. The summed E-state index contributed by atoms with van der Waals surface area (Å²) in [5.41, 5.74) is 3.58. The van der Waals surface area contributed by atoms with Gasteiger partial charge in [0.05, 0.1) is 13.2 Å². The fourth-order valence-corrected chi connectivity index (χ4v) is 5.34. The number of fused-ring (bicyclic) bond motifs is 1. The molecule has 3 aliphatic heterocycles. The summed E-state index contributed by atoms with van der Waals surface area (Å²) in [5, 5.41) is 20.3. The number of thioether (sulfide) groups is 1. The van der Waals surface area contributed by atoms with Crippen molar-refractivity contribution in [3.05, 3.63) is 11.3 Å². The van der Waals surface area contributed by atoms with Crippen LogP contribution >= 0.6 is 11.8 Å². The van der Waals surface area contributed by atoms with Gasteiger partial charge in [-0.05, 0) is 12.8 Å². The van der Waals surface area contributed by atoms with E-state index in [0.717, 1.165) is 16.7 Å². The molecule has 3 atom stereocenters. The molecule has 0 aromatic rings. The molecule has 15 heteroatoms. The zero-order valence-electron chi connectivity index (χ0n) is 19.1. The Morgan fingerprint density at radius 3 is 2.57 bits per heavy atom. The first-order valence-corrected chi connectivity index (χ1v) is 11.9. The number of morpholine rings is 1. The molecule has 3 aliphatic rings. The Labute approximate surface area is 204 Å². The van der Waals surface area contributed by atoms with Crippen molar-refractivity contribution in [2.45, 2.75) is 36.4 Å². The number of carboxylic acid groups (broad SMARTS) is 2. The van der Waals surface area contributed by atoms with E-state index in [1.165, 1.54) is 12.0 Å². The number of carbonyl (C=O) groups excluding carboxylic acids is 3. The lowest BCUT2D eigenvalue weighted by atomic mass is 9.97. The van der Waals surface area contributed by atoms with E-state index in [-0.39, 0.29) is 42.9 Å². The van der Waals surface area contributed by atoms with Crippen LogP contribution in [0, 0.1) is 0 Å². The second-order valence-electron chi connectivity index (χ2n) is 8.07. The van der Waals surface area contributed by atoms with Gasteiger partial charge in [-0.2, -0.15) is 0 Å². The predicted molar refractivity (Wildman–Crippen MR) is 119 cm³/mol. The third-order valence-corrected chi connectivity index (χ3v) is 7.21. The predicted octanol–water partition coefficient (Wildman–Crippen LogP) is -1.25. The first-order valence-electron chi connectivity index (χ1n) is 10.9. The molecule has 0 spiro atoms. The van der Waals surface area contributed by atoms with Crippen LogP contribution in [0.15, 0.2) is 11.3 Å². The summed E-state index contributed by atoms with van der Waals surface area (Å²) in [7, 11) is 1.22. The van der Waals surface area contributed by atoms with E-state index in [4.69, 9.17) is 25.1 Å². The molecule has 2 fully saturated rings. The number of hydrogen-bond acceptors (Lipinski definition) is 10. The Hall–Kier alpha value is -2.88. The number of aliphatic carboxylic acids is 2. The van der Waals surface area contributed by atoms with Crippen LogP contribution in [-0.2, 0) is 33.4 Å². The van der Waals surface area contributed by atoms with Crippen LogP contribution in [0.25, 0.3) is 0 Å². The van der Waals surface area contributed by atoms with Gasteiger partial charge in [-0.3, -0.25) is 19.3 Å². The number of carboxylic acids is 2. The van der Waals surface area contributed by atoms with Crippen LogP contribution in [0.2, 0.25) is 0 Å². The number of carbonyl (C=O) groups is 5. The molecule has 3 heterocycles. The van der Waals surface area contributed by atoms with Crippen molar-refractivity contribution in [2.24, 2.45) is 5.73 Å². The minimum absolute atomic E-state index is 0.0689. The van der Waals surface area contributed by atoms with Crippen molar-refractivity contribution in [2.75, 3.05) is 45.8 Å². The molecule has 194 valence electrons. The van der Waals surface area contributed by atoms with Crippen molar-refractivity contribution < 1.29 is 48.4 Å². The fraction of sp³-hybridized carbons (Fsp3) is 0.650. The van der Waals surface area contributed by atoms with Gasteiger partial charge in [0.2, 0.25) is 5.91 Å². The van der Waals surface area contributed by atoms with E-state index in [0.29, 0.717) is 26.3 Å². The van der Waals surface area contributed by atoms with Gasteiger partial charge in [-0.25, -0.2) is 9.59 Å². The molecule has 0 bridgehead atoms. The van der Waals surface area contributed by atoms with Crippen molar-refractivity contribution in [3.8, 4) is 0 Å². The van der Waals surface area contributed by atoms with E-state index in [2.05, 4.69) is 5.32 Å². The SMILES string of the molecule is CO[C@@]1(NC(=O)CCCC(N)C(=O)O)C(=O)N2C(C(=O)O)=C(COC(=O)N3CCOCC3)CS[C@H]21. The highest BCUT2D eigenvalue weighted by Crippen LogP contribution is 2.46. The van der Waals surface area contributed by atoms with Crippen LogP contribution in [0.3, 0.4) is 0 Å². The van der Waals surface area contributed by atoms with Crippen molar-refractivity contribution >= 4 is 41.6 Å². The Morgan fingerprint density at radius 2 is 1.97 bits per heavy atom. The van der Waals surface area contributed by atoms with Gasteiger partial charge in [0.15, 0.2) is 0 Å². The highest BCUT2D eigenvalue weighted by atomic mass is 32.2. The van der Waals surface area contributed by atoms with Crippen LogP contribution in [0.4, 0.5) is 4.79 Å². The van der Waals surface area contributed by atoms with Gasteiger partial charge >= 0.3 is 18.0 Å². The van der Waals surface area contributed by atoms with Gasteiger partial charge < -0.3 is 40.4 Å². The normalized spacial score (nSPS) is 24.9. The largest absolute Gasteiger partial charge is 0.480 e. The molecule has 0 aromatic heterocycles. The molecule has 14 nitrogen and oxygen atoms in total. The molecule has 0 aromatic carbocycles. The Kier molecular flexibility index (Phi) is 8.58. The molecular weight excluding hydrogens is 488 g/mol. The van der Waals surface area contributed by atoms with Crippen molar-refractivity contribution in [1.82, 2.24) is 15.1 Å². The van der Waals surface area contributed by atoms with Gasteiger partial charge in [-0.1, -0.05) is 0 Å². The fourth-order valence-electron chi connectivity index (χ4n) is 3.92. The van der Waals surface area contributed by atoms with E-state index < -0.39 is 47.0 Å². The third-order valence-electron chi connectivity index (χ3n) is 5.84. The van der Waals surface area contributed by atoms with E-state index in [9.17, 15) is 29.1 Å². The minimum atomic E-state index is -1.77. The number of ether oxygens (including phenoxy) is 3. The zero-order valence-corrected chi connectivity index (χ0v) is 19.9. The number of methoxy groups -OCH3 is 1. The van der Waals surface area contributed by atoms with Crippen molar-refractivity contribution in [3.63, 3.8) is 0 Å². The average molecular weight is 517 g/mol. The van der Waals surface area contributed by atoms with Gasteiger partial charge in [0.1, 0.15) is 23.7 Å². The molecule has 0 radical (unpaired) electrons. The molecule has 3 amide bonds. The number of hydrogen-bond donors (Lipinski definition) is 4. The maximum atomic E-state index is 13.0. The van der Waals surface area contributed by atoms with E-state index >= 15 is 0 Å². The number of nitrogens with one attached hydrogen (secondary N) is 1. The van der Waals surface area contributed by atoms with E-state index in [1.807, 2.05) is 0 Å². The first kappa shape index (κ1) is 26.7. The number of nitrogens with two attached hydrogens (primary N) is 1. The maximum absolute atomic E-state index is 13.0. The lowest BCUT2D eigenvalue weighted by Gasteiger charge is -2.55. The van der Waals surface area contributed by atoms with Crippen LogP contribution in [0.5, 0.6) is 0 Å². The molecule has 2 saturated heterocycles. The molecule has 3 rings (SSSR count). The van der Waals surface area contributed by atoms with Crippen LogP contribution in [-0.4, -0.2) is 113 Å². The summed E-state index contributed by atoms with van der Waals surface area (Å²) in [4.78, 5) is 63.0. The topological polar surface area (TPSA) is 198 Å². The monoisotopic (exact) mass is 516 g/mol. The molecule has 0 aliphatic carbocycles. The van der Waals surface area contributed by atoms with Crippen molar-refractivity contribution in [1.29, 1.82) is 0 Å². The van der Waals surface area contributed by atoms with Gasteiger partial charge in [0, 0.05) is 37.9 Å². The number of β-lactam (4-membered cyclic amide) rings is 1. The van der Waals surface area contributed by atoms with E-state index in [1.54, 1.807) is 0 Å². The molecule has 35 heavy (non-hydrogen) atoms. The summed E-state index contributed by atoms with van der Waals surface area (Å²) in [5.74, 6) is -3.77. The minimum Gasteiger partial charge on any atom is -0.480 e. The lowest BCUT2D eigenvalue weighted by Crippen LogP contribution is -2.80. The summed E-state index contributed by atoms with van der Waals surface area (Å²) in [6, 6.07) is -1.10. The molecule has 5 N–H and O–H groups in total. The summed E-state index contributed by atoms with van der Waals surface area (Å²) >= 11 is 1.16. The first-order chi connectivity index (χ1) is 16.6. The molecule has 1 unspecified atom stereocenters. The number of nitrogens with zero attached hydrogens (tertiary/aromatic N) is 2. The summed E-state index contributed by atoms with van der Waals surface area (Å²) in [6.07, 6.45) is -0.456. The standard InChI is InChI=1S/C20H28N4O10S/c1-32-20(22-13(25)4-2-3-12(21)15(26)27)17(30)24-14(16(28)29)11(10-35-18(20)24)9-34-19(31)23-5-7-33-8-6-23/h12,18H,2-10,21H2,1H3,(H,22,25)(H,26,27)(H,28,29)/t12?,18-,20-/m0/s1. The third kappa shape index (κ3) is 5.52. The van der Waals surface area contributed by atoms with Gasteiger partial charge in [-0.15, -0.1) is 11.8 Å². The summed E-state index contributed by atoms with van der Waals surface area (Å²) in [6.45, 7) is 1.19. The Morgan fingerprint density at radius 1 is 1.29 bits per heavy atom. The molecular formula is C20H28N4O10S. The highest BCUT2D eigenvalue weighted by molar-refractivity contribution is 8.00. The number of amides is 3. The quantitative estimate of drug-likeness (QED) is 0.199. The summed E-state index contributed by atoms with van der Waals surface area (Å²) < 4.78 is 15.8. The highest BCUT2D eigenvalue weighted by Gasteiger charge is 2.66. The Bertz CT molecular complexity index is 922. The maximum Gasteiger partial charge on any atom is 0.410 e. The smallest absolute Gasteiger partial charge is 0.410 e. The average Bonchev–Trinajstić information content (AvgIpc) is 2.85. The Balaban J connectivity index is 1.66. The number of rotatable bonds is 10. The second kappa shape index (κ2) is 11.2. The lowest BCUT2D eigenvalue weighted by molar-refractivity contribution is -0.192. The zero-order chi connectivity index (χ0) is 25.8. The van der Waals surface area contributed by atoms with Gasteiger partial charge in [0.25, 0.3) is 11.6 Å². The van der Waals surface area contributed by atoms with Crippen LogP contribution in [0.1, 0.15) is 19.3 Å². The molecule has 0 saturated carbocycles. The van der Waals surface area contributed by atoms with Crippen LogP contribution < -0.4 is 11.1 Å².